The second-order valence-corrected chi connectivity index (χ2v) is 9.05. The first kappa shape index (κ1) is 22.3. The molecular weight excluding hydrogens is 463 g/mol. The van der Waals surface area contributed by atoms with Crippen LogP contribution in [0, 0.1) is 0 Å². The van der Waals surface area contributed by atoms with Crippen molar-refractivity contribution >= 4 is 46.6 Å². The van der Waals surface area contributed by atoms with Crippen LogP contribution >= 0.6 is 35.0 Å². The highest BCUT2D eigenvalue weighted by atomic mass is 35.5. The number of amides is 1. The third-order valence-corrected chi connectivity index (χ3v) is 6.10. The molecule has 0 aliphatic carbocycles. The SMILES string of the molecule is CC(Sc1nnc(-c2ccccc2)c(-c2ccccc2)n1)C(=O)Nc1ccc(Cl)cc1Cl. The van der Waals surface area contributed by atoms with Crippen LogP contribution in [-0.2, 0) is 4.79 Å². The van der Waals surface area contributed by atoms with E-state index in [0.717, 1.165) is 11.1 Å². The van der Waals surface area contributed by atoms with Crippen LogP contribution in [0.4, 0.5) is 5.69 Å². The summed E-state index contributed by atoms with van der Waals surface area (Å²) in [5, 5.41) is 12.3. The van der Waals surface area contributed by atoms with Crippen molar-refractivity contribution < 1.29 is 4.79 Å². The molecule has 0 radical (unpaired) electrons. The van der Waals surface area contributed by atoms with E-state index in [0.29, 0.717) is 32.3 Å². The molecule has 0 fully saturated rings. The van der Waals surface area contributed by atoms with Gasteiger partial charge in [-0.25, -0.2) is 4.98 Å². The van der Waals surface area contributed by atoms with Gasteiger partial charge >= 0.3 is 0 Å². The normalized spacial score (nSPS) is 11.7. The van der Waals surface area contributed by atoms with E-state index in [9.17, 15) is 4.79 Å². The van der Waals surface area contributed by atoms with Gasteiger partial charge < -0.3 is 5.32 Å². The molecule has 0 saturated heterocycles. The number of rotatable bonds is 6. The molecular formula is C24H18Cl2N4OS. The van der Waals surface area contributed by atoms with Gasteiger partial charge in [-0.1, -0.05) is 95.6 Å². The third-order valence-electron chi connectivity index (χ3n) is 4.60. The Hall–Kier alpha value is -2.93. The number of thioether (sulfide) groups is 1. The summed E-state index contributed by atoms with van der Waals surface area (Å²) >= 11 is 13.3. The molecule has 32 heavy (non-hydrogen) atoms. The largest absolute Gasteiger partial charge is 0.324 e. The molecule has 1 unspecified atom stereocenters. The van der Waals surface area contributed by atoms with Crippen LogP contribution in [0.25, 0.3) is 22.5 Å². The second kappa shape index (κ2) is 10.1. The maximum absolute atomic E-state index is 12.7. The van der Waals surface area contributed by atoms with Gasteiger partial charge in [0, 0.05) is 16.1 Å². The Labute approximate surface area is 200 Å². The zero-order chi connectivity index (χ0) is 22.5. The van der Waals surface area contributed by atoms with Crippen molar-refractivity contribution in [1.82, 2.24) is 15.2 Å². The molecule has 0 spiro atoms. The maximum Gasteiger partial charge on any atom is 0.237 e. The Kier molecular flexibility index (Phi) is 7.05. The highest BCUT2D eigenvalue weighted by Gasteiger charge is 2.20. The molecule has 3 aromatic carbocycles. The van der Waals surface area contributed by atoms with E-state index in [1.807, 2.05) is 60.7 Å². The van der Waals surface area contributed by atoms with E-state index < -0.39 is 5.25 Å². The van der Waals surface area contributed by atoms with Crippen molar-refractivity contribution in [3.8, 4) is 22.5 Å². The predicted molar refractivity (Wildman–Crippen MR) is 131 cm³/mol. The summed E-state index contributed by atoms with van der Waals surface area (Å²) in [4.78, 5) is 17.4. The average Bonchev–Trinajstić information content (AvgIpc) is 2.82. The summed E-state index contributed by atoms with van der Waals surface area (Å²) in [6, 6.07) is 24.5. The number of halogens is 2. The second-order valence-electron chi connectivity index (χ2n) is 6.90. The minimum absolute atomic E-state index is 0.226. The van der Waals surface area contributed by atoms with Crippen LogP contribution in [0.2, 0.25) is 10.0 Å². The lowest BCUT2D eigenvalue weighted by atomic mass is 10.0. The molecule has 5 nitrogen and oxygen atoms in total. The smallest absolute Gasteiger partial charge is 0.237 e. The fourth-order valence-electron chi connectivity index (χ4n) is 2.99. The highest BCUT2D eigenvalue weighted by Crippen LogP contribution is 2.31. The van der Waals surface area contributed by atoms with Crippen LogP contribution in [-0.4, -0.2) is 26.3 Å². The van der Waals surface area contributed by atoms with Crippen LogP contribution < -0.4 is 5.32 Å². The number of carbonyl (C=O) groups is 1. The lowest BCUT2D eigenvalue weighted by Crippen LogP contribution is -2.23. The summed E-state index contributed by atoms with van der Waals surface area (Å²) in [7, 11) is 0. The number of anilines is 1. The molecule has 1 N–H and O–H groups in total. The van der Waals surface area contributed by atoms with Crippen molar-refractivity contribution in [1.29, 1.82) is 0 Å². The quantitative estimate of drug-likeness (QED) is 0.313. The van der Waals surface area contributed by atoms with E-state index in [1.54, 1.807) is 25.1 Å². The first-order valence-corrected chi connectivity index (χ1v) is 11.4. The van der Waals surface area contributed by atoms with Crippen molar-refractivity contribution in [3.63, 3.8) is 0 Å². The molecule has 0 saturated carbocycles. The van der Waals surface area contributed by atoms with E-state index in [2.05, 4.69) is 15.5 Å². The molecule has 4 aromatic rings. The number of hydrogen-bond donors (Lipinski definition) is 1. The van der Waals surface area contributed by atoms with Crippen molar-refractivity contribution in [2.75, 3.05) is 5.32 Å². The third kappa shape index (κ3) is 5.27. The Balaban J connectivity index is 1.59. The highest BCUT2D eigenvalue weighted by molar-refractivity contribution is 8.00. The Morgan fingerprint density at radius 2 is 1.50 bits per heavy atom. The van der Waals surface area contributed by atoms with Gasteiger partial charge in [0.2, 0.25) is 11.1 Å². The molecule has 1 amide bonds. The van der Waals surface area contributed by atoms with Crippen LogP contribution in [0.15, 0.2) is 84.0 Å². The Morgan fingerprint density at radius 1 is 0.875 bits per heavy atom. The fraction of sp³-hybridized carbons (Fsp3) is 0.0833. The van der Waals surface area contributed by atoms with Crippen LogP contribution in [0.3, 0.4) is 0 Å². The molecule has 1 heterocycles. The molecule has 4 rings (SSSR count). The van der Waals surface area contributed by atoms with Gasteiger partial charge in [0.25, 0.3) is 0 Å². The summed E-state index contributed by atoms with van der Waals surface area (Å²) in [6.07, 6.45) is 0. The summed E-state index contributed by atoms with van der Waals surface area (Å²) in [5.74, 6) is -0.226. The van der Waals surface area contributed by atoms with Gasteiger partial charge in [-0.15, -0.1) is 10.2 Å². The van der Waals surface area contributed by atoms with Crippen molar-refractivity contribution in [3.05, 3.63) is 88.9 Å². The molecule has 160 valence electrons. The lowest BCUT2D eigenvalue weighted by Gasteiger charge is -2.13. The number of aromatic nitrogens is 3. The molecule has 0 aliphatic rings. The number of carbonyl (C=O) groups excluding carboxylic acids is 1. The Bertz CT molecular complexity index is 1240. The number of nitrogens with one attached hydrogen (secondary N) is 1. The number of nitrogens with zero attached hydrogens (tertiary/aromatic N) is 3. The fourth-order valence-corrected chi connectivity index (χ4v) is 4.16. The van der Waals surface area contributed by atoms with Crippen LogP contribution in [0.5, 0.6) is 0 Å². The van der Waals surface area contributed by atoms with Gasteiger partial charge in [0.15, 0.2) is 0 Å². The van der Waals surface area contributed by atoms with E-state index in [1.165, 1.54) is 11.8 Å². The van der Waals surface area contributed by atoms with Gasteiger partial charge in [0.05, 0.1) is 16.0 Å². The summed E-state index contributed by atoms with van der Waals surface area (Å²) < 4.78 is 0. The van der Waals surface area contributed by atoms with Crippen molar-refractivity contribution in [2.24, 2.45) is 0 Å². The minimum atomic E-state index is -0.477. The van der Waals surface area contributed by atoms with E-state index in [-0.39, 0.29) is 5.91 Å². The molecule has 0 aliphatic heterocycles. The zero-order valence-electron chi connectivity index (χ0n) is 17.0. The van der Waals surface area contributed by atoms with Crippen LogP contribution in [0.1, 0.15) is 6.92 Å². The minimum Gasteiger partial charge on any atom is -0.324 e. The maximum atomic E-state index is 12.7. The Morgan fingerprint density at radius 3 is 2.12 bits per heavy atom. The van der Waals surface area contributed by atoms with Gasteiger partial charge in [-0.05, 0) is 25.1 Å². The molecule has 1 atom stereocenters. The molecule has 0 bridgehead atoms. The topological polar surface area (TPSA) is 67.8 Å². The summed E-state index contributed by atoms with van der Waals surface area (Å²) in [5.41, 5.74) is 3.74. The van der Waals surface area contributed by atoms with Gasteiger partial charge in [-0.2, -0.15) is 0 Å². The predicted octanol–water partition coefficient (Wildman–Crippen LogP) is 6.63. The molecule has 8 heteroatoms. The van der Waals surface area contributed by atoms with Gasteiger partial charge in [-0.3, -0.25) is 4.79 Å². The van der Waals surface area contributed by atoms with E-state index in [4.69, 9.17) is 28.2 Å². The van der Waals surface area contributed by atoms with Gasteiger partial charge in [0.1, 0.15) is 11.4 Å². The first-order chi connectivity index (χ1) is 15.5. The monoisotopic (exact) mass is 480 g/mol. The first-order valence-electron chi connectivity index (χ1n) is 9.79. The lowest BCUT2D eigenvalue weighted by molar-refractivity contribution is -0.115. The zero-order valence-corrected chi connectivity index (χ0v) is 19.3. The van der Waals surface area contributed by atoms with Crippen molar-refractivity contribution in [2.45, 2.75) is 17.3 Å². The average molecular weight is 481 g/mol. The molecule has 1 aromatic heterocycles. The van der Waals surface area contributed by atoms with E-state index >= 15 is 0 Å². The number of hydrogen-bond acceptors (Lipinski definition) is 5. The summed E-state index contributed by atoms with van der Waals surface area (Å²) in [6.45, 7) is 1.78. The number of benzene rings is 3. The standard InChI is InChI=1S/C24H18Cl2N4OS/c1-15(23(31)27-20-13-12-18(25)14-19(20)26)32-24-28-21(16-8-4-2-5-9-16)22(29-30-24)17-10-6-3-7-11-17/h2-15H,1H3,(H,27,31).